The van der Waals surface area contributed by atoms with Gasteiger partial charge in [-0.2, -0.15) is 0 Å². The van der Waals surface area contributed by atoms with Crippen molar-refractivity contribution in [3.05, 3.63) is 41.7 Å². The van der Waals surface area contributed by atoms with E-state index in [1.807, 2.05) is 0 Å². The number of urea groups is 1. The van der Waals surface area contributed by atoms with E-state index in [0.717, 1.165) is 11.8 Å². The molecule has 1 aliphatic heterocycles. The molecule has 0 bridgehead atoms. The molecule has 29 heavy (non-hydrogen) atoms. The van der Waals surface area contributed by atoms with Crippen LogP contribution in [-0.2, 0) is 19.9 Å². The molecule has 0 radical (unpaired) electrons. The molecule has 1 atom stereocenters. The summed E-state index contributed by atoms with van der Waals surface area (Å²) in [5.41, 5.74) is -0.191. The van der Waals surface area contributed by atoms with Crippen molar-refractivity contribution in [3.8, 4) is 0 Å². The van der Waals surface area contributed by atoms with Crippen molar-refractivity contribution in [2.75, 3.05) is 22.1 Å². The predicted octanol–water partition coefficient (Wildman–Crippen LogP) is 1.35. The van der Waals surface area contributed by atoms with Gasteiger partial charge in [-0.25, -0.2) is 4.79 Å². The van der Waals surface area contributed by atoms with E-state index in [9.17, 15) is 19.2 Å². The summed E-state index contributed by atoms with van der Waals surface area (Å²) < 4.78 is 4.86. The van der Waals surface area contributed by atoms with Crippen LogP contribution in [0.2, 0.25) is 0 Å². The Morgan fingerprint density at radius 3 is 2.52 bits per heavy atom. The molecule has 11 heteroatoms. The van der Waals surface area contributed by atoms with Gasteiger partial charge in [0.05, 0.1) is 11.5 Å². The van der Waals surface area contributed by atoms with Crippen molar-refractivity contribution in [2.24, 2.45) is 0 Å². The summed E-state index contributed by atoms with van der Waals surface area (Å²) >= 11 is 1.14. The Morgan fingerprint density at radius 1 is 1.17 bits per heavy atom. The lowest BCUT2D eigenvalue weighted by Crippen LogP contribution is -2.40. The van der Waals surface area contributed by atoms with Crippen LogP contribution in [0.4, 0.5) is 16.3 Å². The number of rotatable bonds is 7. The van der Waals surface area contributed by atoms with Crippen molar-refractivity contribution in [1.29, 1.82) is 0 Å². The number of nitrogens with one attached hydrogen (secondary N) is 4. The first-order chi connectivity index (χ1) is 13.8. The molecule has 2 aromatic rings. The van der Waals surface area contributed by atoms with Gasteiger partial charge in [-0.3, -0.25) is 19.7 Å². The summed E-state index contributed by atoms with van der Waals surface area (Å²) in [6.07, 6.45) is 0. The lowest BCUT2D eigenvalue weighted by atomic mass is 9.92. The molecule has 152 valence electrons. The van der Waals surface area contributed by atoms with E-state index < -0.39 is 17.5 Å². The second kappa shape index (κ2) is 8.35. The molecule has 1 aromatic carbocycles. The number of imide groups is 1. The third-order valence-electron chi connectivity index (χ3n) is 4.13. The summed E-state index contributed by atoms with van der Waals surface area (Å²) in [4.78, 5) is 47.5. The quantitative estimate of drug-likeness (QED) is 0.498. The molecule has 0 spiro atoms. The van der Waals surface area contributed by atoms with Crippen LogP contribution in [0.15, 0.2) is 34.9 Å². The summed E-state index contributed by atoms with van der Waals surface area (Å²) in [6.45, 7) is 3.29. The first-order valence-corrected chi connectivity index (χ1v) is 9.76. The molecule has 5 amide bonds. The van der Waals surface area contributed by atoms with Crippen molar-refractivity contribution in [1.82, 2.24) is 15.8 Å². The average Bonchev–Trinajstić information content (AvgIpc) is 3.17. The van der Waals surface area contributed by atoms with E-state index in [-0.39, 0.29) is 23.3 Å². The molecule has 1 saturated heterocycles. The number of amides is 5. The lowest BCUT2D eigenvalue weighted by Gasteiger charge is -2.21. The SMILES string of the molecule is Cc1cc(NC(=O)CSCC(=O)Nc2cccc([C@]3(C)NC(=O)NC3=O)c2)no1. The minimum atomic E-state index is -1.20. The molecule has 4 N–H and O–H groups in total. The fourth-order valence-corrected chi connectivity index (χ4v) is 3.31. The van der Waals surface area contributed by atoms with Crippen LogP contribution in [0.25, 0.3) is 0 Å². The van der Waals surface area contributed by atoms with E-state index in [4.69, 9.17) is 4.52 Å². The van der Waals surface area contributed by atoms with Gasteiger partial charge in [0.1, 0.15) is 11.3 Å². The molecule has 0 aliphatic carbocycles. The van der Waals surface area contributed by atoms with E-state index in [2.05, 4.69) is 26.4 Å². The van der Waals surface area contributed by atoms with E-state index in [1.165, 1.54) is 0 Å². The highest BCUT2D eigenvalue weighted by atomic mass is 32.2. The predicted molar refractivity (Wildman–Crippen MR) is 106 cm³/mol. The fraction of sp³-hybridized carbons (Fsp3) is 0.278. The van der Waals surface area contributed by atoms with Crippen molar-refractivity contribution in [3.63, 3.8) is 0 Å². The second-order valence-electron chi connectivity index (χ2n) is 6.53. The molecule has 1 aliphatic rings. The van der Waals surface area contributed by atoms with Gasteiger partial charge in [-0.05, 0) is 31.5 Å². The van der Waals surface area contributed by atoms with Crippen LogP contribution in [0.3, 0.4) is 0 Å². The Labute approximate surface area is 170 Å². The maximum absolute atomic E-state index is 12.1. The van der Waals surface area contributed by atoms with Gasteiger partial charge in [0.25, 0.3) is 5.91 Å². The number of hydrogen-bond donors (Lipinski definition) is 4. The highest BCUT2D eigenvalue weighted by molar-refractivity contribution is 8.00. The van der Waals surface area contributed by atoms with Crippen LogP contribution < -0.4 is 21.3 Å². The smallest absolute Gasteiger partial charge is 0.322 e. The Hall–Kier alpha value is -3.34. The molecular weight excluding hydrogens is 398 g/mol. The Morgan fingerprint density at radius 2 is 1.90 bits per heavy atom. The van der Waals surface area contributed by atoms with Gasteiger partial charge in [0, 0.05) is 11.8 Å². The summed E-state index contributed by atoms with van der Waals surface area (Å²) in [6, 6.07) is 7.68. The summed E-state index contributed by atoms with van der Waals surface area (Å²) in [5.74, 6) is -0.0247. The monoisotopic (exact) mass is 417 g/mol. The van der Waals surface area contributed by atoms with Gasteiger partial charge < -0.3 is 20.5 Å². The highest BCUT2D eigenvalue weighted by Crippen LogP contribution is 2.26. The van der Waals surface area contributed by atoms with Crippen LogP contribution in [-0.4, -0.2) is 40.4 Å². The van der Waals surface area contributed by atoms with E-state index in [1.54, 1.807) is 44.2 Å². The first-order valence-electron chi connectivity index (χ1n) is 8.61. The van der Waals surface area contributed by atoms with Crippen LogP contribution in [0.5, 0.6) is 0 Å². The average molecular weight is 417 g/mol. The summed E-state index contributed by atoms with van der Waals surface area (Å²) in [5, 5.41) is 13.7. The molecule has 1 aromatic heterocycles. The molecule has 10 nitrogen and oxygen atoms in total. The number of benzene rings is 1. The number of hydrogen-bond acceptors (Lipinski definition) is 7. The fourth-order valence-electron chi connectivity index (χ4n) is 2.69. The highest BCUT2D eigenvalue weighted by Gasteiger charge is 2.43. The zero-order valence-corrected chi connectivity index (χ0v) is 16.5. The van der Waals surface area contributed by atoms with Crippen molar-refractivity contribution in [2.45, 2.75) is 19.4 Å². The number of carbonyl (C=O) groups excluding carboxylic acids is 4. The Balaban J connectivity index is 1.50. The lowest BCUT2D eigenvalue weighted by molar-refractivity contribution is -0.123. The Bertz CT molecular complexity index is 975. The maximum Gasteiger partial charge on any atom is 0.322 e. The van der Waals surface area contributed by atoms with Crippen LogP contribution in [0.1, 0.15) is 18.2 Å². The molecule has 3 rings (SSSR count). The normalized spacial score (nSPS) is 18.1. The third-order valence-corrected chi connectivity index (χ3v) is 5.06. The second-order valence-corrected chi connectivity index (χ2v) is 7.51. The first kappa shape index (κ1) is 20.4. The van der Waals surface area contributed by atoms with E-state index in [0.29, 0.717) is 22.8 Å². The number of nitrogens with zero attached hydrogens (tertiary/aromatic N) is 1. The molecule has 2 heterocycles. The van der Waals surface area contributed by atoms with Crippen molar-refractivity contribution < 1.29 is 23.7 Å². The van der Waals surface area contributed by atoms with Gasteiger partial charge in [0.15, 0.2) is 5.82 Å². The topological polar surface area (TPSA) is 142 Å². The maximum atomic E-state index is 12.1. The summed E-state index contributed by atoms with van der Waals surface area (Å²) in [7, 11) is 0. The van der Waals surface area contributed by atoms with Gasteiger partial charge in [0.2, 0.25) is 11.8 Å². The van der Waals surface area contributed by atoms with Crippen molar-refractivity contribution >= 4 is 47.0 Å². The Kier molecular flexibility index (Phi) is 5.87. The third kappa shape index (κ3) is 4.93. The number of anilines is 2. The number of carbonyl (C=O) groups is 4. The van der Waals surface area contributed by atoms with Gasteiger partial charge in [-0.1, -0.05) is 17.3 Å². The van der Waals surface area contributed by atoms with E-state index >= 15 is 0 Å². The molecular formula is C18H19N5O5S. The minimum Gasteiger partial charge on any atom is -0.360 e. The molecule has 0 saturated carbocycles. The standard InChI is InChI=1S/C18H19N5O5S/c1-10-6-13(23-28-10)20-15(25)9-29-8-14(24)19-12-5-3-4-11(7-12)18(2)16(26)21-17(27)22-18/h3-7H,8-9H2,1-2H3,(H,19,24)(H,20,23,25)(H2,21,22,26,27)/t18-/m0/s1. The zero-order chi connectivity index (χ0) is 21.0. The largest absolute Gasteiger partial charge is 0.360 e. The number of aromatic nitrogens is 1. The zero-order valence-electron chi connectivity index (χ0n) is 15.7. The molecule has 0 unspecified atom stereocenters. The number of thioether (sulfide) groups is 1. The van der Waals surface area contributed by atoms with Crippen LogP contribution >= 0.6 is 11.8 Å². The minimum absolute atomic E-state index is 0.0595. The number of aryl methyl sites for hydroxylation is 1. The van der Waals surface area contributed by atoms with Gasteiger partial charge >= 0.3 is 6.03 Å². The van der Waals surface area contributed by atoms with Crippen LogP contribution in [0, 0.1) is 6.92 Å². The van der Waals surface area contributed by atoms with Gasteiger partial charge in [-0.15, -0.1) is 11.8 Å². The molecule has 1 fully saturated rings.